The maximum Gasteiger partial charge on any atom is 0.277 e. The van der Waals surface area contributed by atoms with Crippen molar-refractivity contribution in [2.45, 2.75) is 13.8 Å². The van der Waals surface area contributed by atoms with Gasteiger partial charge in [-0.1, -0.05) is 28.1 Å². The van der Waals surface area contributed by atoms with Crippen LogP contribution in [-0.2, 0) is 4.79 Å². The summed E-state index contributed by atoms with van der Waals surface area (Å²) in [5.41, 5.74) is 5.05. The van der Waals surface area contributed by atoms with Crippen LogP contribution in [0.15, 0.2) is 44.4 Å². The molecule has 2 aromatic carbocycles. The second-order valence-electron chi connectivity index (χ2n) is 5.18. The molecule has 7 heteroatoms. The number of hydrogen-bond donors (Lipinski definition) is 2. The summed E-state index contributed by atoms with van der Waals surface area (Å²) in [7, 11) is 0. The highest BCUT2D eigenvalue weighted by atomic mass is 79.9. The van der Waals surface area contributed by atoms with Crippen molar-refractivity contribution in [3.8, 4) is 11.5 Å². The molecule has 0 aliphatic carbocycles. The molecule has 0 fully saturated rings. The lowest BCUT2D eigenvalue weighted by molar-refractivity contribution is -0.123. The van der Waals surface area contributed by atoms with Crippen molar-refractivity contribution >= 4 is 44.0 Å². The van der Waals surface area contributed by atoms with Crippen molar-refractivity contribution in [3.05, 3.63) is 56.0 Å². The number of hydrogen-bond acceptors (Lipinski definition) is 4. The van der Waals surface area contributed by atoms with Crippen LogP contribution < -0.4 is 10.2 Å². The fraction of sp³-hybridized carbons (Fsp3) is 0.176. The number of halogens is 2. The van der Waals surface area contributed by atoms with Crippen molar-refractivity contribution in [2.24, 2.45) is 5.10 Å². The Hall–Kier alpha value is -1.86. The second kappa shape index (κ2) is 8.30. The third-order valence-corrected chi connectivity index (χ3v) is 4.48. The van der Waals surface area contributed by atoms with Crippen LogP contribution in [0.2, 0.25) is 0 Å². The molecule has 0 saturated carbocycles. The number of phenols is 1. The normalized spacial score (nSPS) is 10.8. The maximum atomic E-state index is 11.8. The van der Waals surface area contributed by atoms with Crippen LogP contribution in [0.4, 0.5) is 0 Å². The number of carbonyl (C=O) groups excluding carboxylic acids is 1. The summed E-state index contributed by atoms with van der Waals surface area (Å²) in [6.07, 6.45) is 1.44. The number of rotatable bonds is 5. The van der Waals surface area contributed by atoms with E-state index in [0.717, 1.165) is 15.6 Å². The molecule has 24 heavy (non-hydrogen) atoms. The number of nitrogens with one attached hydrogen (secondary N) is 1. The molecule has 0 heterocycles. The zero-order chi connectivity index (χ0) is 17.7. The van der Waals surface area contributed by atoms with Crippen molar-refractivity contribution in [2.75, 3.05) is 6.61 Å². The van der Waals surface area contributed by atoms with E-state index in [-0.39, 0.29) is 18.3 Å². The number of ether oxygens (including phenoxy) is 1. The van der Waals surface area contributed by atoms with Crippen LogP contribution in [0.25, 0.3) is 0 Å². The van der Waals surface area contributed by atoms with Gasteiger partial charge in [0.1, 0.15) is 11.5 Å². The molecule has 0 atom stereocenters. The summed E-state index contributed by atoms with van der Waals surface area (Å²) >= 11 is 6.57. The number of phenolic OH excluding ortho intramolecular Hbond substituents is 1. The van der Waals surface area contributed by atoms with E-state index in [4.69, 9.17) is 4.74 Å². The molecule has 0 bridgehead atoms. The van der Waals surface area contributed by atoms with Crippen LogP contribution in [0.3, 0.4) is 0 Å². The van der Waals surface area contributed by atoms with Gasteiger partial charge in [-0.25, -0.2) is 5.43 Å². The van der Waals surface area contributed by atoms with E-state index < -0.39 is 0 Å². The lowest BCUT2D eigenvalue weighted by Crippen LogP contribution is -2.24. The zero-order valence-electron chi connectivity index (χ0n) is 13.1. The number of carbonyl (C=O) groups is 1. The average molecular weight is 456 g/mol. The first-order chi connectivity index (χ1) is 11.4. The van der Waals surface area contributed by atoms with Crippen LogP contribution in [0, 0.1) is 13.8 Å². The highest BCUT2D eigenvalue weighted by Crippen LogP contribution is 2.29. The number of benzene rings is 2. The molecule has 126 valence electrons. The van der Waals surface area contributed by atoms with Gasteiger partial charge in [0.05, 0.1) is 10.7 Å². The molecule has 0 unspecified atom stereocenters. The predicted molar refractivity (Wildman–Crippen MR) is 101 cm³/mol. The molecule has 5 nitrogen and oxygen atoms in total. The molecule has 0 aliphatic rings. The van der Waals surface area contributed by atoms with E-state index in [9.17, 15) is 9.90 Å². The summed E-state index contributed by atoms with van der Waals surface area (Å²) < 4.78 is 6.80. The van der Waals surface area contributed by atoms with Crippen LogP contribution in [-0.4, -0.2) is 23.8 Å². The number of nitrogens with zero attached hydrogens (tertiary/aromatic N) is 1. The number of amides is 1. The zero-order valence-corrected chi connectivity index (χ0v) is 16.3. The van der Waals surface area contributed by atoms with E-state index in [1.165, 1.54) is 12.3 Å². The van der Waals surface area contributed by atoms with Gasteiger partial charge >= 0.3 is 0 Å². The average Bonchev–Trinajstić information content (AvgIpc) is 2.53. The highest BCUT2D eigenvalue weighted by Gasteiger charge is 2.06. The van der Waals surface area contributed by atoms with Gasteiger partial charge in [0.15, 0.2) is 6.61 Å². The van der Waals surface area contributed by atoms with Crippen molar-refractivity contribution in [1.82, 2.24) is 5.43 Å². The fourth-order valence-corrected chi connectivity index (χ4v) is 2.96. The standard InChI is InChI=1S/C17H16Br2N2O3/c1-10-3-4-11(2)16(5-10)24-9-17(23)21-20-8-12-6-15(22)14(19)7-13(12)18/h3-8,22H,9H2,1-2H3,(H,21,23). The monoisotopic (exact) mass is 454 g/mol. The molecule has 2 N–H and O–H groups in total. The lowest BCUT2D eigenvalue weighted by Gasteiger charge is -2.09. The van der Waals surface area contributed by atoms with Gasteiger partial charge < -0.3 is 9.84 Å². The molecule has 0 radical (unpaired) electrons. The summed E-state index contributed by atoms with van der Waals surface area (Å²) in [4.78, 5) is 11.8. The molecular formula is C17H16Br2N2O3. The maximum absolute atomic E-state index is 11.8. The Balaban J connectivity index is 1.91. The van der Waals surface area contributed by atoms with Crippen molar-refractivity contribution in [3.63, 3.8) is 0 Å². The van der Waals surface area contributed by atoms with Crippen LogP contribution >= 0.6 is 31.9 Å². The van der Waals surface area contributed by atoms with E-state index >= 15 is 0 Å². The Labute approximate surface area is 157 Å². The van der Waals surface area contributed by atoms with Gasteiger partial charge in [-0.15, -0.1) is 0 Å². The smallest absolute Gasteiger partial charge is 0.277 e. The largest absolute Gasteiger partial charge is 0.507 e. The fourth-order valence-electron chi connectivity index (χ4n) is 1.86. The molecule has 1 amide bonds. The summed E-state index contributed by atoms with van der Waals surface area (Å²) in [6, 6.07) is 9.03. The summed E-state index contributed by atoms with van der Waals surface area (Å²) in [5.74, 6) is 0.392. The first-order valence-corrected chi connectivity index (χ1v) is 8.65. The molecule has 2 aromatic rings. The topological polar surface area (TPSA) is 70.9 Å². The third-order valence-electron chi connectivity index (χ3n) is 3.16. The lowest BCUT2D eigenvalue weighted by atomic mass is 10.1. The summed E-state index contributed by atoms with van der Waals surface area (Å²) in [5, 5.41) is 13.5. The Morgan fingerprint density at radius 1 is 1.25 bits per heavy atom. The van der Waals surface area contributed by atoms with E-state index in [1.807, 2.05) is 32.0 Å². The molecule has 0 aromatic heterocycles. The molecule has 0 aliphatic heterocycles. The van der Waals surface area contributed by atoms with Gasteiger partial charge in [0.25, 0.3) is 5.91 Å². The van der Waals surface area contributed by atoms with Crippen molar-refractivity contribution < 1.29 is 14.6 Å². The van der Waals surface area contributed by atoms with Gasteiger partial charge in [0, 0.05) is 10.0 Å². The molecular weight excluding hydrogens is 440 g/mol. The minimum absolute atomic E-state index is 0.0873. The van der Waals surface area contributed by atoms with E-state index in [1.54, 1.807) is 6.07 Å². The second-order valence-corrected chi connectivity index (χ2v) is 6.88. The van der Waals surface area contributed by atoms with Crippen LogP contribution in [0.5, 0.6) is 11.5 Å². The first kappa shape index (κ1) is 18.5. The number of aryl methyl sites for hydroxylation is 2. The van der Waals surface area contributed by atoms with Gasteiger partial charge in [-0.2, -0.15) is 5.10 Å². The number of hydrazone groups is 1. The van der Waals surface area contributed by atoms with Gasteiger partial charge in [0.2, 0.25) is 0 Å². The highest BCUT2D eigenvalue weighted by molar-refractivity contribution is 9.11. The minimum atomic E-state index is -0.371. The van der Waals surface area contributed by atoms with Crippen molar-refractivity contribution in [1.29, 1.82) is 0 Å². The third kappa shape index (κ3) is 5.07. The Kier molecular flexibility index (Phi) is 6.39. The van der Waals surface area contributed by atoms with Gasteiger partial charge in [-0.05, 0) is 59.1 Å². The first-order valence-electron chi connectivity index (χ1n) is 7.07. The Bertz CT molecular complexity index is 792. The van der Waals surface area contributed by atoms with E-state index in [0.29, 0.717) is 15.8 Å². The Morgan fingerprint density at radius 2 is 2.00 bits per heavy atom. The number of aromatic hydroxyl groups is 1. The van der Waals surface area contributed by atoms with Crippen LogP contribution in [0.1, 0.15) is 16.7 Å². The van der Waals surface area contributed by atoms with Gasteiger partial charge in [-0.3, -0.25) is 4.79 Å². The minimum Gasteiger partial charge on any atom is -0.507 e. The SMILES string of the molecule is Cc1ccc(C)c(OCC(=O)NN=Cc2cc(O)c(Br)cc2Br)c1. The van der Waals surface area contributed by atoms with E-state index in [2.05, 4.69) is 42.4 Å². The molecule has 0 spiro atoms. The molecule has 2 rings (SSSR count). The predicted octanol–water partition coefficient (Wildman–Crippen LogP) is 4.06. The molecule has 0 saturated heterocycles. The summed E-state index contributed by atoms with van der Waals surface area (Å²) in [6.45, 7) is 3.75. The Morgan fingerprint density at radius 3 is 2.75 bits per heavy atom. The quantitative estimate of drug-likeness (QED) is 0.527.